The Hall–Kier alpha value is -2.34. The van der Waals surface area contributed by atoms with Crippen LogP contribution in [0.15, 0.2) is 47.4 Å². The fourth-order valence-corrected chi connectivity index (χ4v) is 3.85. The van der Waals surface area contributed by atoms with Gasteiger partial charge in [0.2, 0.25) is 0 Å². The summed E-state index contributed by atoms with van der Waals surface area (Å²) in [7, 11) is 1.50. The topological polar surface area (TPSA) is 70.6 Å². The lowest BCUT2D eigenvalue weighted by Crippen LogP contribution is -2.38. The second kappa shape index (κ2) is 7.49. The Balaban J connectivity index is 1.58. The van der Waals surface area contributed by atoms with Crippen molar-refractivity contribution in [1.82, 2.24) is 10.6 Å². The highest BCUT2D eigenvalue weighted by molar-refractivity contribution is 7.99. The van der Waals surface area contributed by atoms with E-state index in [4.69, 9.17) is 4.74 Å². The molecule has 0 saturated heterocycles. The Kier molecular flexibility index (Phi) is 5.15. The molecule has 0 radical (unpaired) electrons. The number of phenols is 1. The molecule has 1 unspecified atom stereocenters. The fourth-order valence-electron chi connectivity index (χ4n) is 2.73. The maximum atomic E-state index is 12.2. The third-order valence-corrected chi connectivity index (χ3v) is 5.08. The summed E-state index contributed by atoms with van der Waals surface area (Å²) >= 11 is 1.82. The van der Waals surface area contributed by atoms with Gasteiger partial charge in [0.25, 0.3) is 0 Å². The average molecular weight is 344 g/mol. The first-order valence-electron chi connectivity index (χ1n) is 7.79. The van der Waals surface area contributed by atoms with Gasteiger partial charge in [0.15, 0.2) is 11.5 Å². The van der Waals surface area contributed by atoms with Crippen molar-refractivity contribution in [2.45, 2.75) is 23.9 Å². The number of amides is 2. The van der Waals surface area contributed by atoms with Crippen molar-refractivity contribution >= 4 is 17.8 Å². The molecule has 3 rings (SSSR count). The second-order valence-corrected chi connectivity index (χ2v) is 6.70. The lowest BCUT2D eigenvalue weighted by molar-refractivity contribution is 0.236. The number of benzene rings is 2. The highest BCUT2D eigenvalue weighted by Gasteiger charge is 2.21. The highest BCUT2D eigenvalue weighted by Crippen LogP contribution is 2.35. The molecule has 24 heavy (non-hydrogen) atoms. The number of rotatable bonds is 4. The molecule has 6 heteroatoms. The molecule has 0 aliphatic carbocycles. The van der Waals surface area contributed by atoms with Crippen molar-refractivity contribution in [2.24, 2.45) is 0 Å². The number of fused-ring (bicyclic) bond motifs is 1. The van der Waals surface area contributed by atoms with Crippen LogP contribution in [0.3, 0.4) is 0 Å². The number of methoxy groups -OCH3 is 1. The van der Waals surface area contributed by atoms with Gasteiger partial charge in [0.05, 0.1) is 13.2 Å². The van der Waals surface area contributed by atoms with Crippen LogP contribution in [0.2, 0.25) is 0 Å². The molecular formula is C18H20N2O3S. The second-order valence-electron chi connectivity index (χ2n) is 5.56. The summed E-state index contributed by atoms with van der Waals surface area (Å²) in [6.07, 6.45) is 0.915. The molecule has 0 aromatic heterocycles. The first-order valence-corrected chi connectivity index (χ1v) is 8.78. The summed E-state index contributed by atoms with van der Waals surface area (Å²) in [4.78, 5) is 13.4. The Morgan fingerprint density at radius 3 is 2.96 bits per heavy atom. The van der Waals surface area contributed by atoms with Crippen molar-refractivity contribution in [3.05, 3.63) is 53.6 Å². The van der Waals surface area contributed by atoms with Crippen LogP contribution in [-0.2, 0) is 6.54 Å². The van der Waals surface area contributed by atoms with Gasteiger partial charge in [-0.1, -0.05) is 24.3 Å². The molecule has 0 saturated carbocycles. The SMILES string of the molecule is COc1ccc(CNC(=O)NC2CCSc3ccccc32)cc1O. The van der Waals surface area contributed by atoms with E-state index in [1.54, 1.807) is 12.1 Å². The van der Waals surface area contributed by atoms with Gasteiger partial charge in [0, 0.05) is 17.2 Å². The molecule has 2 amide bonds. The largest absolute Gasteiger partial charge is 0.504 e. The number of hydrogen-bond acceptors (Lipinski definition) is 4. The number of carbonyl (C=O) groups excluding carboxylic acids is 1. The van der Waals surface area contributed by atoms with Crippen molar-refractivity contribution in [3.8, 4) is 11.5 Å². The van der Waals surface area contributed by atoms with Crippen LogP contribution in [0.25, 0.3) is 0 Å². The van der Waals surface area contributed by atoms with E-state index < -0.39 is 0 Å². The minimum atomic E-state index is -0.211. The van der Waals surface area contributed by atoms with E-state index in [2.05, 4.69) is 22.8 Å². The van der Waals surface area contributed by atoms with Crippen LogP contribution >= 0.6 is 11.8 Å². The van der Waals surface area contributed by atoms with E-state index in [-0.39, 0.29) is 17.8 Å². The number of hydrogen-bond donors (Lipinski definition) is 3. The van der Waals surface area contributed by atoms with Gasteiger partial charge in [-0.25, -0.2) is 4.79 Å². The van der Waals surface area contributed by atoms with Gasteiger partial charge in [-0.2, -0.15) is 0 Å². The molecule has 126 valence electrons. The third-order valence-electron chi connectivity index (χ3n) is 3.96. The molecule has 1 aliphatic rings. The van der Waals surface area contributed by atoms with Crippen LogP contribution in [0.5, 0.6) is 11.5 Å². The summed E-state index contributed by atoms with van der Waals surface area (Å²) in [5.41, 5.74) is 1.98. The molecule has 0 spiro atoms. The van der Waals surface area contributed by atoms with Gasteiger partial charge in [-0.05, 0) is 35.7 Å². The smallest absolute Gasteiger partial charge is 0.315 e. The van der Waals surface area contributed by atoms with Gasteiger partial charge in [0.1, 0.15) is 0 Å². The summed E-state index contributed by atoms with van der Waals surface area (Å²) < 4.78 is 5.01. The monoisotopic (exact) mass is 344 g/mol. The molecule has 1 aliphatic heterocycles. The summed E-state index contributed by atoms with van der Waals surface area (Å²) in [5.74, 6) is 1.48. The van der Waals surface area contributed by atoms with E-state index in [1.807, 2.05) is 30.0 Å². The zero-order valence-corrected chi connectivity index (χ0v) is 14.2. The summed E-state index contributed by atoms with van der Waals surface area (Å²) in [6, 6.07) is 13.1. The Labute approximate surface area is 145 Å². The molecular weight excluding hydrogens is 324 g/mol. The third kappa shape index (κ3) is 3.76. The normalized spacial score (nSPS) is 16.1. The Morgan fingerprint density at radius 1 is 1.33 bits per heavy atom. The molecule has 1 atom stereocenters. The van der Waals surface area contributed by atoms with Crippen LogP contribution in [0, 0.1) is 0 Å². The van der Waals surface area contributed by atoms with Crippen LogP contribution in [-0.4, -0.2) is 24.0 Å². The predicted molar refractivity (Wildman–Crippen MR) is 94.6 cm³/mol. The number of ether oxygens (including phenoxy) is 1. The van der Waals surface area contributed by atoms with E-state index >= 15 is 0 Å². The zero-order valence-electron chi connectivity index (χ0n) is 13.4. The zero-order chi connectivity index (χ0) is 16.9. The number of aromatic hydroxyl groups is 1. The van der Waals surface area contributed by atoms with Crippen LogP contribution in [0.1, 0.15) is 23.6 Å². The van der Waals surface area contributed by atoms with E-state index in [0.717, 1.165) is 17.7 Å². The van der Waals surface area contributed by atoms with Crippen LogP contribution < -0.4 is 15.4 Å². The van der Waals surface area contributed by atoms with Gasteiger partial charge < -0.3 is 20.5 Å². The predicted octanol–water partition coefficient (Wildman–Crippen LogP) is 3.44. The van der Waals surface area contributed by atoms with Gasteiger partial charge in [-0.15, -0.1) is 11.8 Å². The highest BCUT2D eigenvalue weighted by atomic mass is 32.2. The molecule has 3 N–H and O–H groups in total. The summed E-state index contributed by atoms with van der Waals surface area (Å²) in [6.45, 7) is 0.340. The van der Waals surface area contributed by atoms with E-state index in [0.29, 0.717) is 12.3 Å². The molecule has 0 bridgehead atoms. The molecule has 5 nitrogen and oxygen atoms in total. The minimum absolute atomic E-state index is 0.0340. The average Bonchev–Trinajstić information content (AvgIpc) is 2.60. The minimum Gasteiger partial charge on any atom is -0.504 e. The lowest BCUT2D eigenvalue weighted by atomic mass is 10.0. The molecule has 2 aromatic carbocycles. The standard InChI is InChI=1S/C18H20N2O3S/c1-23-16-7-6-12(10-15(16)21)11-19-18(22)20-14-8-9-24-17-5-3-2-4-13(14)17/h2-7,10,14,21H,8-9,11H2,1H3,(H2,19,20,22). The quantitative estimate of drug-likeness (QED) is 0.795. The first kappa shape index (κ1) is 16.5. The Bertz CT molecular complexity index is 736. The van der Waals surface area contributed by atoms with Crippen molar-refractivity contribution < 1.29 is 14.6 Å². The van der Waals surface area contributed by atoms with E-state index in [9.17, 15) is 9.90 Å². The molecule has 2 aromatic rings. The lowest BCUT2D eigenvalue weighted by Gasteiger charge is -2.26. The maximum absolute atomic E-state index is 12.2. The maximum Gasteiger partial charge on any atom is 0.315 e. The van der Waals surface area contributed by atoms with Gasteiger partial charge in [-0.3, -0.25) is 0 Å². The van der Waals surface area contributed by atoms with Crippen molar-refractivity contribution in [1.29, 1.82) is 0 Å². The van der Waals surface area contributed by atoms with Crippen molar-refractivity contribution in [2.75, 3.05) is 12.9 Å². The van der Waals surface area contributed by atoms with Gasteiger partial charge >= 0.3 is 6.03 Å². The molecule has 0 fully saturated rings. The number of urea groups is 1. The summed E-state index contributed by atoms with van der Waals surface area (Å²) in [5, 5.41) is 15.6. The fraction of sp³-hybridized carbons (Fsp3) is 0.278. The number of carbonyl (C=O) groups is 1. The molecule has 1 heterocycles. The van der Waals surface area contributed by atoms with E-state index in [1.165, 1.54) is 17.6 Å². The van der Waals surface area contributed by atoms with Crippen molar-refractivity contribution in [3.63, 3.8) is 0 Å². The van der Waals surface area contributed by atoms with Crippen LogP contribution in [0.4, 0.5) is 4.79 Å². The Morgan fingerprint density at radius 2 is 2.17 bits per heavy atom. The number of thioether (sulfide) groups is 1. The number of phenolic OH excluding ortho intramolecular Hbond substituents is 1. The number of nitrogens with one attached hydrogen (secondary N) is 2. The first-order chi connectivity index (χ1) is 11.7.